The van der Waals surface area contributed by atoms with Crippen LogP contribution in [0.2, 0.25) is 0 Å². The quantitative estimate of drug-likeness (QED) is 0.556. The number of aromatic hydroxyl groups is 1. The zero-order chi connectivity index (χ0) is 13.7. The predicted molar refractivity (Wildman–Crippen MR) is 79.2 cm³/mol. The number of hydrogen-bond donors (Lipinski definition) is 1. The van der Waals surface area contributed by atoms with Crippen LogP contribution in [0.1, 0.15) is 18.9 Å². The van der Waals surface area contributed by atoms with E-state index in [9.17, 15) is 5.11 Å². The van der Waals surface area contributed by atoms with E-state index in [1.807, 2.05) is 24.3 Å². The molecule has 0 aliphatic rings. The van der Waals surface area contributed by atoms with E-state index in [2.05, 4.69) is 6.92 Å². The van der Waals surface area contributed by atoms with Crippen LogP contribution >= 0.6 is 0 Å². The van der Waals surface area contributed by atoms with Crippen LogP contribution in [-0.2, 0) is 6.42 Å². The first-order valence-electron chi connectivity index (χ1n) is 6.83. The molecule has 0 fully saturated rings. The van der Waals surface area contributed by atoms with Gasteiger partial charge in [0.05, 0.1) is 11.6 Å². The Morgan fingerprint density at radius 1 is 1.05 bits per heavy atom. The third-order valence-corrected chi connectivity index (χ3v) is 3.81. The van der Waals surface area contributed by atoms with E-state index in [-0.39, 0.29) is 0 Å². The number of rotatable bonds is 2. The predicted octanol–water partition coefficient (Wildman–Crippen LogP) is 4.99. The van der Waals surface area contributed by atoms with Crippen LogP contribution < -0.4 is 0 Å². The third-order valence-electron chi connectivity index (χ3n) is 3.81. The summed E-state index contributed by atoms with van der Waals surface area (Å²) >= 11 is 0. The van der Waals surface area contributed by atoms with E-state index in [1.165, 1.54) is 0 Å². The minimum Gasteiger partial charge on any atom is -0.507 e. The maximum Gasteiger partial charge on any atom is 0.180 e. The lowest BCUT2D eigenvalue weighted by molar-refractivity contribution is 0.474. The molecule has 0 atom stereocenters. The van der Waals surface area contributed by atoms with Gasteiger partial charge in [-0.3, -0.25) is 0 Å². The highest BCUT2D eigenvalue weighted by Gasteiger charge is 2.20. The van der Waals surface area contributed by atoms with Crippen molar-refractivity contribution in [1.82, 2.24) is 0 Å². The largest absolute Gasteiger partial charge is 0.507 e. The van der Waals surface area contributed by atoms with Gasteiger partial charge in [0.15, 0.2) is 11.2 Å². The van der Waals surface area contributed by atoms with E-state index in [1.54, 1.807) is 12.3 Å². The Balaban J connectivity index is 2.31. The maximum atomic E-state index is 10.5. The Hall–Kier alpha value is -2.42. The van der Waals surface area contributed by atoms with Crippen molar-refractivity contribution in [3.63, 3.8) is 0 Å². The molecule has 2 aromatic heterocycles. The van der Waals surface area contributed by atoms with Crippen molar-refractivity contribution in [2.24, 2.45) is 0 Å². The van der Waals surface area contributed by atoms with Crippen LogP contribution in [0.4, 0.5) is 0 Å². The van der Waals surface area contributed by atoms with E-state index in [0.717, 1.165) is 45.7 Å². The van der Waals surface area contributed by atoms with Gasteiger partial charge in [0.25, 0.3) is 0 Å². The molecular formula is C17H14O3. The monoisotopic (exact) mass is 266 g/mol. The summed E-state index contributed by atoms with van der Waals surface area (Å²) in [5.41, 5.74) is 3.12. The normalized spacial score (nSPS) is 11.8. The molecule has 0 radical (unpaired) electrons. The number of fused-ring (bicyclic) bond motifs is 5. The number of aryl methyl sites for hydroxylation is 1. The van der Waals surface area contributed by atoms with Crippen molar-refractivity contribution in [2.45, 2.75) is 19.8 Å². The van der Waals surface area contributed by atoms with Crippen molar-refractivity contribution in [2.75, 3.05) is 0 Å². The zero-order valence-corrected chi connectivity index (χ0v) is 11.1. The van der Waals surface area contributed by atoms with Crippen molar-refractivity contribution in [3.05, 3.63) is 42.2 Å². The van der Waals surface area contributed by atoms with Crippen molar-refractivity contribution in [3.8, 4) is 5.75 Å². The molecule has 3 heteroatoms. The Morgan fingerprint density at radius 3 is 2.75 bits per heavy atom. The molecule has 20 heavy (non-hydrogen) atoms. The number of benzene rings is 2. The Bertz CT molecular complexity index is 928. The van der Waals surface area contributed by atoms with E-state index >= 15 is 0 Å². The van der Waals surface area contributed by atoms with E-state index in [0.29, 0.717) is 11.3 Å². The molecule has 0 saturated heterocycles. The number of furan rings is 2. The highest BCUT2D eigenvalue weighted by atomic mass is 16.4. The van der Waals surface area contributed by atoms with Gasteiger partial charge in [-0.25, -0.2) is 0 Å². The number of hydrogen-bond acceptors (Lipinski definition) is 3. The summed E-state index contributed by atoms with van der Waals surface area (Å²) in [6.45, 7) is 2.10. The molecule has 0 unspecified atom stereocenters. The fourth-order valence-electron chi connectivity index (χ4n) is 2.95. The summed E-state index contributed by atoms with van der Waals surface area (Å²) in [5, 5.41) is 13.3. The third kappa shape index (κ3) is 1.35. The molecule has 1 N–H and O–H groups in total. The van der Waals surface area contributed by atoms with Crippen LogP contribution in [0.3, 0.4) is 0 Å². The summed E-state index contributed by atoms with van der Waals surface area (Å²) in [4.78, 5) is 0. The lowest BCUT2D eigenvalue weighted by Gasteiger charge is -2.06. The Labute approximate surface area is 115 Å². The summed E-state index contributed by atoms with van der Waals surface area (Å²) in [7, 11) is 0. The second kappa shape index (κ2) is 4.04. The molecule has 4 rings (SSSR count). The number of para-hydroxylation sites is 1. The second-order valence-electron chi connectivity index (χ2n) is 5.04. The molecule has 0 saturated carbocycles. The first-order chi connectivity index (χ1) is 9.81. The van der Waals surface area contributed by atoms with Crippen molar-refractivity contribution >= 4 is 32.9 Å². The molecule has 0 amide bonds. The van der Waals surface area contributed by atoms with Crippen molar-refractivity contribution in [1.29, 1.82) is 0 Å². The van der Waals surface area contributed by atoms with Gasteiger partial charge in [-0.15, -0.1) is 0 Å². The van der Waals surface area contributed by atoms with Gasteiger partial charge in [-0.05, 0) is 18.6 Å². The van der Waals surface area contributed by atoms with Crippen molar-refractivity contribution < 1.29 is 13.9 Å². The molecular weight excluding hydrogens is 252 g/mol. The molecule has 2 aromatic carbocycles. The lowest BCUT2D eigenvalue weighted by atomic mass is 9.99. The molecule has 4 aromatic rings. The highest BCUT2D eigenvalue weighted by molar-refractivity contribution is 6.17. The van der Waals surface area contributed by atoms with Gasteiger partial charge in [-0.2, -0.15) is 0 Å². The fourth-order valence-corrected chi connectivity index (χ4v) is 2.95. The summed E-state index contributed by atoms with van der Waals surface area (Å²) in [5.74, 6) is 0.314. The SMILES string of the molecule is CCCc1c(O)c2ccoc2c2oc3ccccc3c12. The molecule has 2 heterocycles. The molecule has 3 nitrogen and oxygen atoms in total. The van der Waals surface area contributed by atoms with Crippen LogP contribution in [-0.4, -0.2) is 5.11 Å². The van der Waals surface area contributed by atoms with Gasteiger partial charge in [0.2, 0.25) is 0 Å². The molecule has 100 valence electrons. The maximum absolute atomic E-state index is 10.5. The van der Waals surface area contributed by atoms with Crippen LogP contribution in [0.5, 0.6) is 5.75 Å². The Kier molecular flexibility index (Phi) is 2.30. The number of phenolic OH excluding ortho intramolecular Hbond substituents is 1. The number of phenols is 1. The fraction of sp³-hybridized carbons (Fsp3) is 0.176. The molecule has 0 aliphatic carbocycles. The van der Waals surface area contributed by atoms with Crippen LogP contribution in [0, 0.1) is 0 Å². The second-order valence-corrected chi connectivity index (χ2v) is 5.04. The highest BCUT2D eigenvalue weighted by Crippen LogP contribution is 2.43. The van der Waals surface area contributed by atoms with Crippen LogP contribution in [0.25, 0.3) is 32.9 Å². The lowest BCUT2D eigenvalue weighted by Crippen LogP contribution is -1.87. The standard InChI is InChI=1S/C17H14O3/c1-2-5-11-14-10-6-3-4-7-13(10)20-17(14)16-12(15(11)18)8-9-19-16/h3-4,6-9,18H,2,5H2,1H3. The smallest absolute Gasteiger partial charge is 0.180 e. The average Bonchev–Trinajstić information content (AvgIpc) is 3.07. The van der Waals surface area contributed by atoms with E-state index in [4.69, 9.17) is 8.83 Å². The topological polar surface area (TPSA) is 46.5 Å². The van der Waals surface area contributed by atoms with Gasteiger partial charge < -0.3 is 13.9 Å². The molecule has 0 aliphatic heterocycles. The zero-order valence-electron chi connectivity index (χ0n) is 11.1. The van der Waals surface area contributed by atoms with Crippen LogP contribution in [0.15, 0.2) is 45.4 Å². The van der Waals surface area contributed by atoms with Gasteiger partial charge in [0.1, 0.15) is 11.3 Å². The molecule has 0 spiro atoms. The summed E-state index contributed by atoms with van der Waals surface area (Å²) < 4.78 is 11.5. The van der Waals surface area contributed by atoms with Gasteiger partial charge in [0, 0.05) is 16.3 Å². The summed E-state index contributed by atoms with van der Waals surface area (Å²) in [6, 6.07) is 9.68. The minimum absolute atomic E-state index is 0.314. The molecule has 0 bridgehead atoms. The van der Waals surface area contributed by atoms with E-state index < -0.39 is 0 Å². The Morgan fingerprint density at radius 2 is 1.90 bits per heavy atom. The first kappa shape index (κ1) is 11.4. The minimum atomic E-state index is 0.314. The van der Waals surface area contributed by atoms with Gasteiger partial charge >= 0.3 is 0 Å². The summed E-state index contributed by atoms with van der Waals surface area (Å²) in [6.07, 6.45) is 3.37. The average molecular weight is 266 g/mol. The first-order valence-corrected chi connectivity index (χ1v) is 6.83. The van der Waals surface area contributed by atoms with Gasteiger partial charge in [-0.1, -0.05) is 31.5 Å².